The number of aliphatic imine (C=N–C) groups is 1. The van der Waals surface area contributed by atoms with E-state index in [9.17, 15) is 9.90 Å². The van der Waals surface area contributed by atoms with Crippen LogP contribution in [0.3, 0.4) is 0 Å². The summed E-state index contributed by atoms with van der Waals surface area (Å²) in [5.41, 5.74) is 3.66. The Balaban J connectivity index is 1.40. The lowest BCUT2D eigenvalue weighted by atomic mass is 9.48. The van der Waals surface area contributed by atoms with Crippen LogP contribution in [0.5, 0.6) is 5.75 Å². The maximum absolute atomic E-state index is 11.6. The third kappa shape index (κ3) is 3.35. The van der Waals surface area contributed by atoms with Gasteiger partial charge in [-0.25, -0.2) is 4.79 Å². The molecule has 2 aromatic rings. The number of phenols is 1. The number of carbonyl (C=O) groups is 1. The van der Waals surface area contributed by atoms with Gasteiger partial charge in [0.2, 0.25) is 0 Å². The second-order valence-corrected chi connectivity index (χ2v) is 9.27. The highest BCUT2D eigenvalue weighted by Crippen LogP contribution is 2.60. The van der Waals surface area contributed by atoms with Crippen molar-refractivity contribution in [1.82, 2.24) is 0 Å². The van der Waals surface area contributed by atoms with Crippen molar-refractivity contribution in [2.24, 2.45) is 22.7 Å². The van der Waals surface area contributed by atoms with Crippen molar-refractivity contribution < 1.29 is 14.6 Å². The molecular formula is C25H27NO3. The molecule has 2 aromatic carbocycles. The zero-order valence-corrected chi connectivity index (χ0v) is 16.8. The highest BCUT2D eigenvalue weighted by Gasteiger charge is 2.51. The van der Waals surface area contributed by atoms with Crippen molar-refractivity contribution in [3.8, 4) is 5.75 Å². The van der Waals surface area contributed by atoms with E-state index in [1.807, 2.05) is 6.07 Å². The predicted octanol–water partition coefficient (Wildman–Crippen LogP) is 5.40. The number of esters is 1. The SMILES string of the molecule is COC(=O)c1ccc(N=Cc2cc(C34CC5CC(CC(C5)C3)C4)ccc2O)cc1. The Morgan fingerprint density at radius 1 is 1.03 bits per heavy atom. The second kappa shape index (κ2) is 7.01. The number of benzene rings is 2. The van der Waals surface area contributed by atoms with Crippen LogP contribution in [-0.2, 0) is 10.2 Å². The molecule has 0 radical (unpaired) electrons. The topological polar surface area (TPSA) is 58.9 Å². The third-order valence-electron chi connectivity index (χ3n) is 7.32. The Hall–Kier alpha value is -2.62. The molecule has 4 aliphatic rings. The fraction of sp³-hybridized carbons (Fsp3) is 0.440. The molecule has 4 fully saturated rings. The number of rotatable bonds is 4. The summed E-state index contributed by atoms with van der Waals surface area (Å²) in [7, 11) is 1.37. The molecule has 0 amide bonds. The molecule has 0 spiro atoms. The smallest absolute Gasteiger partial charge is 0.337 e. The van der Waals surface area contributed by atoms with E-state index in [0.29, 0.717) is 11.0 Å². The van der Waals surface area contributed by atoms with Gasteiger partial charge in [0.05, 0.1) is 18.4 Å². The number of nitrogens with zero attached hydrogens (tertiary/aromatic N) is 1. The first kappa shape index (κ1) is 18.4. The number of hydrogen-bond acceptors (Lipinski definition) is 4. The molecule has 0 aromatic heterocycles. The summed E-state index contributed by atoms with van der Waals surface area (Å²) in [4.78, 5) is 16.1. The number of hydrogen-bond donors (Lipinski definition) is 1. The molecule has 1 N–H and O–H groups in total. The lowest BCUT2D eigenvalue weighted by Gasteiger charge is -2.57. The summed E-state index contributed by atoms with van der Waals surface area (Å²) in [5, 5.41) is 10.4. The van der Waals surface area contributed by atoms with Gasteiger partial charge in [-0.15, -0.1) is 0 Å². The molecule has 150 valence electrons. The molecule has 4 saturated carbocycles. The summed E-state index contributed by atoms with van der Waals surface area (Å²) < 4.78 is 4.72. The van der Waals surface area contributed by atoms with Crippen molar-refractivity contribution in [1.29, 1.82) is 0 Å². The van der Waals surface area contributed by atoms with Crippen LogP contribution in [0, 0.1) is 17.8 Å². The molecule has 29 heavy (non-hydrogen) atoms. The molecule has 4 heteroatoms. The Labute approximate surface area is 171 Å². The number of methoxy groups -OCH3 is 1. The number of carbonyl (C=O) groups excluding carboxylic acids is 1. The monoisotopic (exact) mass is 389 g/mol. The van der Waals surface area contributed by atoms with E-state index in [1.54, 1.807) is 30.5 Å². The standard InChI is InChI=1S/C25H27NO3/c1-29-24(28)19-2-5-22(6-3-19)26-15-20-11-21(4-7-23(20)27)25-12-16-8-17(13-25)10-18(9-16)14-25/h2-7,11,15-18,27H,8-10,12-14H2,1H3. The average Bonchev–Trinajstić information content (AvgIpc) is 2.72. The minimum absolute atomic E-state index is 0.258. The van der Waals surface area contributed by atoms with Crippen LogP contribution in [0.1, 0.15) is 60.0 Å². The first-order valence-corrected chi connectivity index (χ1v) is 10.6. The average molecular weight is 389 g/mol. The van der Waals surface area contributed by atoms with Gasteiger partial charge >= 0.3 is 5.97 Å². The molecule has 4 aliphatic carbocycles. The van der Waals surface area contributed by atoms with Crippen molar-refractivity contribution in [2.75, 3.05) is 7.11 Å². The second-order valence-electron chi connectivity index (χ2n) is 9.27. The largest absolute Gasteiger partial charge is 0.507 e. The lowest BCUT2D eigenvalue weighted by molar-refractivity contribution is -0.00520. The van der Waals surface area contributed by atoms with Crippen LogP contribution < -0.4 is 0 Å². The van der Waals surface area contributed by atoms with Crippen molar-refractivity contribution in [3.05, 3.63) is 59.2 Å². The fourth-order valence-corrected chi connectivity index (χ4v) is 6.40. The summed E-state index contributed by atoms with van der Waals surface area (Å²) in [5.74, 6) is 2.57. The first-order chi connectivity index (χ1) is 14.0. The van der Waals surface area contributed by atoms with Crippen LogP contribution in [-0.4, -0.2) is 24.4 Å². The van der Waals surface area contributed by atoms with Gasteiger partial charge in [-0.05, 0) is 104 Å². The van der Waals surface area contributed by atoms with E-state index in [1.165, 1.54) is 51.2 Å². The van der Waals surface area contributed by atoms with Crippen LogP contribution in [0.4, 0.5) is 5.69 Å². The van der Waals surface area contributed by atoms with Gasteiger partial charge in [0.1, 0.15) is 5.75 Å². The van der Waals surface area contributed by atoms with E-state index >= 15 is 0 Å². The van der Waals surface area contributed by atoms with E-state index in [4.69, 9.17) is 4.74 Å². The molecule has 4 nitrogen and oxygen atoms in total. The fourth-order valence-electron chi connectivity index (χ4n) is 6.40. The summed E-state index contributed by atoms with van der Waals surface area (Å²) in [6, 6.07) is 13.1. The molecule has 0 saturated heterocycles. The van der Waals surface area contributed by atoms with Crippen LogP contribution in [0.15, 0.2) is 47.5 Å². The van der Waals surface area contributed by atoms with Gasteiger partial charge in [0, 0.05) is 11.8 Å². The van der Waals surface area contributed by atoms with Gasteiger partial charge in [-0.3, -0.25) is 4.99 Å². The molecule has 6 rings (SSSR count). The van der Waals surface area contributed by atoms with Crippen LogP contribution >= 0.6 is 0 Å². The zero-order valence-electron chi connectivity index (χ0n) is 16.8. The highest BCUT2D eigenvalue weighted by molar-refractivity contribution is 5.90. The van der Waals surface area contributed by atoms with Gasteiger partial charge in [-0.2, -0.15) is 0 Å². The molecular weight excluding hydrogens is 362 g/mol. The van der Waals surface area contributed by atoms with Gasteiger partial charge in [0.15, 0.2) is 0 Å². The molecule has 0 unspecified atom stereocenters. The van der Waals surface area contributed by atoms with Crippen molar-refractivity contribution in [3.63, 3.8) is 0 Å². The van der Waals surface area contributed by atoms with Crippen molar-refractivity contribution >= 4 is 17.9 Å². The summed E-state index contributed by atoms with van der Waals surface area (Å²) in [6.07, 6.45) is 9.90. The Morgan fingerprint density at radius 2 is 1.66 bits per heavy atom. The maximum atomic E-state index is 11.6. The molecule has 4 bridgehead atoms. The summed E-state index contributed by atoms with van der Waals surface area (Å²) >= 11 is 0. The van der Waals surface area contributed by atoms with E-state index in [0.717, 1.165) is 29.0 Å². The maximum Gasteiger partial charge on any atom is 0.337 e. The van der Waals surface area contributed by atoms with Gasteiger partial charge < -0.3 is 9.84 Å². The molecule has 0 atom stereocenters. The number of aromatic hydroxyl groups is 1. The van der Waals surface area contributed by atoms with Crippen LogP contribution in [0.2, 0.25) is 0 Å². The predicted molar refractivity (Wildman–Crippen MR) is 113 cm³/mol. The van der Waals surface area contributed by atoms with Crippen molar-refractivity contribution in [2.45, 2.75) is 43.9 Å². The Bertz CT molecular complexity index is 925. The number of phenolic OH excluding ortho intramolecular Hbond substituents is 1. The zero-order chi connectivity index (χ0) is 20.0. The quantitative estimate of drug-likeness (QED) is 0.563. The summed E-state index contributed by atoms with van der Waals surface area (Å²) in [6.45, 7) is 0. The molecule has 0 aliphatic heterocycles. The Morgan fingerprint density at radius 3 is 2.24 bits per heavy atom. The van der Waals surface area contributed by atoms with Crippen LogP contribution in [0.25, 0.3) is 0 Å². The Kier molecular flexibility index (Phi) is 4.45. The minimum atomic E-state index is -0.360. The first-order valence-electron chi connectivity index (χ1n) is 10.6. The van der Waals surface area contributed by atoms with E-state index in [-0.39, 0.29) is 11.7 Å². The van der Waals surface area contributed by atoms with E-state index in [2.05, 4.69) is 17.1 Å². The van der Waals surface area contributed by atoms with E-state index < -0.39 is 0 Å². The van der Waals surface area contributed by atoms with Gasteiger partial charge in [-0.1, -0.05) is 6.07 Å². The van der Waals surface area contributed by atoms with Gasteiger partial charge in [0.25, 0.3) is 0 Å². The lowest BCUT2D eigenvalue weighted by Crippen LogP contribution is -2.48. The normalized spacial score (nSPS) is 30.0. The third-order valence-corrected chi connectivity index (χ3v) is 7.32. The highest BCUT2D eigenvalue weighted by atomic mass is 16.5. The number of ether oxygens (including phenoxy) is 1. The minimum Gasteiger partial charge on any atom is -0.507 e. The molecule has 0 heterocycles.